The van der Waals surface area contributed by atoms with Gasteiger partial charge in [-0.15, -0.1) is 10.2 Å². The van der Waals surface area contributed by atoms with Gasteiger partial charge in [-0.2, -0.15) is 0 Å². The Morgan fingerprint density at radius 2 is 2.22 bits per heavy atom. The molecule has 0 amide bonds. The zero-order valence-electron chi connectivity index (χ0n) is 10.5. The van der Waals surface area contributed by atoms with Gasteiger partial charge in [0.2, 0.25) is 0 Å². The molecule has 0 aliphatic heterocycles. The summed E-state index contributed by atoms with van der Waals surface area (Å²) >= 11 is 3.26. The third-order valence-electron chi connectivity index (χ3n) is 2.45. The molecule has 0 aliphatic carbocycles. The summed E-state index contributed by atoms with van der Waals surface area (Å²) in [5.41, 5.74) is 6.63. The van der Waals surface area contributed by atoms with Crippen molar-refractivity contribution in [2.75, 3.05) is 5.73 Å². The average molecular weight is 281 g/mol. The fourth-order valence-electron chi connectivity index (χ4n) is 1.27. The molecule has 2 N–H and O–H groups in total. The predicted octanol–water partition coefficient (Wildman–Crippen LogP) is 2.78. The van der Waals surface area contributed by atoms with E-state index in [9.17, 15) is 0 Å². The number of aromatic nitrogens is 4. The molecule has 18 heavy (non-hydrogen) atoms. The molecule has 0 bridgehead atoms. The maximum absolute atomic E-state index is 5.87. The lowest BCUT2D eigenvalue weighted by molar-refractivity contribution is 0.900. The Labute approximate surface area is 114 Å². The van der Waals surface area contributed by atoms with Crippen LogP contribution in [0.1, 0.15) is 26.1 Å². The van der Waals surface area contributed by atoms with Gasteiger partial charge in [-0.3, -0.25) is 0 Å². The Kier molecular flexibility index (Phi) is 4.13. The first-order valence-electron chi connectivity index (χ1n) is 5.69. The highest BCUT2D eigenvalue weighted by Gasteiger charge is 2.13. The number of anilines is 1. The Bertz CT molecular complexity index is 540. The van der Waals surface area contributed by atoms with Gasteiger partial charge in [0.1, 0.15) is 11.6 Å². The van der Waals surface area contributed by atoms with Crippen molar-refractivity contribution in [3.8, 4) is 10.6 Å². The second-order valence-electron chi connectivity index (χ2n) is 3.93. The summed E-state index contributed by atoms with van der Waals surface area (Å²) in [4.78, 5) is 8.28. The van der Waals surface area contributed by atoms with Gasteiger partial charge in [-0.05, 0) is 13.3 Å². The summed E-state index contributed by atoms with van der Waals surface area (Å²) in [5.74, 6) is 1.12. The molecule has 0 aliphatic rings. The van der Waals surface area contributed by atoms with Gasteiger partial charge in [0, 0.05) is 11.4 Å². The van der Waals surface area contributed by atoms with Crippen LogP contribution >= 0.6 is 23.1 Å². The van der Waals surface area contributed by atoms with Crippen molar-refractivity contribution >= 4 is 28.9 Å². The van der Waals surface area contributed by atoms with Crippen LogP contribution in [-0.4, -0.2) is 25.4 Å². The predicted molar refractivity (Wildman–Crippen MR) is 75.7 cm³/mol. The van der Waals surface area contributed by atoms with E-state index in [0.717, 1.165) is 21.3 Å². The van der Waals surface area contributed by atoms with Crippen molar-refractivity contribution in [2.24, 2.45) is 0 Å². The molecule has 96 valence electrons. The quantitative estimate of drug-likeness (QED) is 0.868. The first-order chi connectivity index (χ1) is 8.60. The minimum Gasteiger partial charge on any atom is -0.383 e. The maximum atomic E-state index is 5.87. The molecule has 7 heteroatoms. The van der Waals surface area contributed by atoms with E-state index in [-0.39, 0.29) is 0 Å². The minimum absolute atomic E-state index is 0.457. The average Bonchev–Trinajstić information content (AvgIpc) is 2.77. The number of nitrogen functional groups attached to an aromatic ring is 1. The van der Waals surface area contributed by atoms with Crippen molar-refractivity contribution in [3.05, 3.63) is 12.0 Å². The van der Waals surface area contributed by atoms with Crippen LogP contribution in [0.4, 0.5) is 5.82 Å². The minimum atomic E-state index is 0.457. The smallest absolute Gasteiger partial charge is 0.174 e. The summed E-state index contributed by atoms with van der Waals surface area (Å²) in [6.07, 6.45) is 2.81. The molecule has 2 rings (SSSR count). The number of nitrogens with zero attached hydrogens (tertiary/aromatic N) is 4. The van der Waals surface area contributed by atoms with Crippen LogP contribution in [0.25, 0.3) is 10.6 Å². The summed E-state index contributed by atoms with van der Waals surface area (Å²) < 4.78 is 0.958. The molecule has 5 nitrogen and oxygen atoms in total. The molecular weight excluding hydrogens is 266 g/mol. The fraction of sp³-hybridized carbons (Fsp3) is 0.455. The number of hydrogen-bond acceptors (Lipinski definition) is 7. The normalized spacial score (nSPS) is 12.6. The third kappa shape index (κ3) is 2.97. The van der Waals surface area contributed by atoms with Gasteiger partial charge in [0.05, 0.1) is 5.56 Å². The lowest BCUT2D eigenvalue weighted by atomic mass is 10.3. The van der Waals surface area contributed by atoms with Crippen LogP contribution in [0.3, 0.4) is 0 Å². The van der Waals surface area contributed by atoms with Crippen LogP contribution in [-0.2, 0) is 0 Å². The van der Waals surface area contributed by atoms with Crippen molar-refractivity contribution in [1.82, 2.24) is 20.2 Å². The molecule has 2 heterocycles. The highest BCUT2D eigenvalue weighted by Crippen LogP contribution is 2.33. The lowest BCUT2D eigenvalue weighted by Crippen LogP contribution is -1.97. The molecule has 1 atom stereocenters. The second-order valence-corrected chi connectivity index (χ2v) is 6.59. The van der Waals surface area contributed by atoms with Crippen LogP contribution in [0.5, 0.6) is 0 Å². The van der Waals surface area contributed by atoms with Crippen molar-refractivity contribution in [1.29, 1.82) is 0 Å². The van der Waals surface area contributed by atoms with Crippen molar-refractivity contribution in [3.63, 3.8) is 0 Å². The Hall–Kier alpha value is -1.21. The van der Waals surface area contributed by atoms with Gasteiger partial charge in [0.15, 0.2) is 9.35 Å². The number of hydrogen-bond donors (Lipinski definition) is 1. The van der Waals surface area contributed by atoms with Gasteiger partial charge in [-0.25, -0.2) is 9.97 Å². The molecule has 0 fully saturated rings. The lowest BCUT2D eigenvalue weighted by Gasteiger charge is -2.02. The highest BCUT2D eigenvalue weighted by molar-refractivity contribution is 8.01. The molecule has 0 aromatic carbocycles. The third-order valence-corrected chi connectivity index (χ3v) is 4.76. The van der Waals surface area contributed by atoms with Crippen molar-refractivity contribution in [2.45, 2.75) is 36.8 Å². The molecule has 2 aromatic rings. The molecule has 2 aromatic heterocycles. The Balaban J connectivity index is 2.24. The standard InChI is InChI=1S/C11H15N5S2/c1-4-6(2)17-11-16-15-10(18-11)8-5-13-7(3)14-9(8)12/h5-6H,4H2,1-3H3,(H2,12,13,14). The van der Waals surface area contributed by atoms with Crippen molar-refractivity contribution < 1.29 is 0 Å². The molecular formula is C11H15N5S2. The summed E-state index contributed by atoms with van der Waals surface area (Å²) in [7, 11) is 0. The van der Waals surface area contributed by atoms with E-state index >= 15 is 0 Å². The topological polar surface area (TPSA) is 77.6 Å². The Morgan fingerprint density at radius 3 is 2.89 bits per heavy atom. The van der Waals surface area contributed by atoms with E-state index in [1.807, 2.05) is 6.92 Å². The van der Waals surface area contributed by atoms with E-state index in [2.05, 4.69) is 34.0 Å². The van der Waals surface area contributed by atoms with Gasteiger partial charge < -0.3 is 5.73 Å². The first-order valence-corrected chi connectivity index (χ1v) is 7.39. The Morgan fingerprint density at radius 1 is 1.44 bits per heavy atom. The summed E-state index contributed by atoms with van der Waals surface area (Å²) in [6, 6.07) is 0. The van der Waals surface area contributed by atoms with E-state index in [1.54, 1.807) is 18.0 Å². The monoisotopic (exact) mass is 281 g/mol. The van der Waals surface area contributed by atoms with Crippen LogP contribution in [0.2, 0.25) is 0 Å². The first kappa shape index (κ1) is 13.2. The number of aryl methyl sites for hydroxylation is 1. The van der Waals surface area contributed by atoms with E-state index in [4.69, 9.17) is 5.73 Å². The van der Waals surface area contributed by atoms with E-state index < -0.39 is 0 Å². The second kappa shape index (κ2) is 5.62. The number of nitrogens with two attached hydrogens (primary N) is 1. The summed E-state index contributed by atoms with van der Waals surface area (Å²) in [5, 5.41) is 9.63. The molecule has 0 saturated heterocycles. The summed E-state index contributed by atoms with van der Waals surface area (Å²) in [6.45, 7) is 6.14. The maximum Gasteiger partial charge on any atom is 0.174 e. The molecule has 1 unspecified atom stereocenters. The fourth-order valence-corrected chi connectivity index (χ4v) is 3.39. The number of thioether (sulfide) groups is 1. The van der Waals surface area contributed by atoms with Crippen LogP contribution in [0, 0.1) is 6.92 Å². The van der Waals surface area contributed by atoms with Crippen LogP contribution < -0.4 is 5.73 Å². The van der Waals surface area contributed by atoms with Crippen LogP contribution in [0.15, 0.2) is 10.5 Å². The van der Waals surface area contributed by atoms with E-state index in [1.165, 1.54) is 11.3 Å². The largest absolute Gasteiger partial charge is 0.383 e. The number of rotatable bonds is 4. The van der Waals surface area contributed by atoms with Gasteiger partial charge in [-0.1, -0.05) is 36.9 Å². The zero-order chi connectivity index (χ0) is 13.1. The zero-order valence-corrected chi connectivity index (χ0v) is 12.2. The molecule has 0 saturated carbocycles. The van der Waals surface area contributed by atoms with Gasteiger partial charge in [0.25, 0.3) is 0 Å². The molecule has 0 radical (unpaired) electrons. The van der Waals surface area contributed by atoms with E-state index in [0.29, 0.717) is 16.9 Å². The van der Waals surface area contributed by atoms with Gasteiger partial charge >= 0.3 is 0 Å². The highest BCUT2D eigenvalue weighted by atomic mass is 32.2. The SMILES string of the molecule is CCC(C)Sc1nnc(-c2cnc(C)nc2N)s1. The molecule has 0 spiro atoms.